The lowest BCUT2D eigenvalue weighted by Crippen LogP contribution is -2.25. The number of hydrogen-bond donors (Lipinski definition) is 2. The summed E-state index contributed by atoms with van der Waals surface area (Å²) in [5.74, 6) is 0.197. The van der Waals surface area contributed by atoms with Gasteiger partial charge in [-0.25, -0.2) is 0 Å². The van der Waals surface area contributed by atoms with Crippen molar-refractivity contribution in [2.45, 2.75) is 32.6 Å². The summed E-state index contributed by atoms with van der Waals surface area (Å²) in [6.07, 6.45) is 0.932. The molecule has 132 valence electrons. The van der Waals surface area contributed by atoms with E-state index in [9.17, 15) is 9.59 Å². The van der Waals surface area contributed by atoms with E-state index in [1.54, 1.807) is 24.3 Å². The monoisotopic (exact) mass is 358 g/mol. The Morgan fingerprint density at radius 3 is 2.48 bits per heavy atom. The molecule has 2 N–H and O–H groups in total. The molecule has 0 aliphatic heterocycles. The Labute approximate surface area is 153 Å². The number of amides is 2. The van der Waals surface area contributed by atoms with Gasteiger partial charge in [-0.05, 0) is 54.3 Å². The van der Waals surface area contributed by atoms with E-state index in [1.807, 2.05) is 24.3 Å². The van der Waals surface area contributed by atoms with Crippen molar-refractivity contribution in [3.63, 3.8) is 0 Å². The Kier molecular flexibility index (Phi) is 7.02. The number of carbonyl (C=O) groups is 2. The van der Waals surface area contributed by atoms with E-state index < -0.39 is 0 Å². The van der Waals surface area contributed by atoms with Crippen LogP contribution in [-0.2, 0) is 4.79 Å². The summed E-state index contributed by atoms with van der Waals surface area (Å²) in [5.41, 5.74) is 2.55. The molecule has 0 radical (unpaired) electrons. The van der Waals surface area contributed by atoms with Crippen molar-refractivity contribution in [2.75, 3.05) is 11.9 Å². The molecule has 0 unspecified atom stereocenters. The third-order valence-electron chi connectivity index (χ3n) is 3.81. The standard InChI is InChI=1S/C20H23ClN2O2/c1-14(2)16-5-3-6-18(13-16)23-19(24)7-4-12-22-20(25)15-8-10-17(21)11-9-15/h3,5-6,8-11,13-14H,4,7,12H2,1-2H3,(H,22,25)(H,23,24). The number of nitrogens with one attached hydrogen (secondary N) is 2. The van der Waals surface area contributed by atoms with E-state index in [2.05, 4.69) is 24.5 Å². The molecule has 0 heterocycles. The van der Waals surface area contributed by atoms with Gasteiger partial charge in [0.15, 0.2) is 0 Å². The highest BCUT2D eigenvalue weighted by Crippen LogP contribution is 2.18. The lowest BCUT2D eigenvalue weighted by atomic mass is 10.0. The molecule has 2 aromatic carbocycles. The van der Waals surface area contributed by atoms with Gasteiger partial charge in [-0.3, -0.25) is 9.59 Å². The van der Waals surface area contributed by atoms with E-state index in [4.69, 9.17) is 11.6 Å². The number of carbonyl (C=O) groups excluding carboxylic acids is 2. The molecule has 0 aliphatic carbocycles. The van der Waals surface area contributed by atoms with Crippen LogP contribution in [0.3, 0.4) is 0 Å². The van der Waals surface area contributed by atoms with E-state index in [0.717, 1.165) is 5.69 Å². The molecule has 5 heteroatoms. The van der Waals surface area contributed by atoms with Crippen LogP contribution < -0.4 is 10.6 Å². The average Bonchev–Trinajstić information content (AvgIpc) is 2.59. The lowest BCUT2D eigenvalue weighted by Gasteiger charge is -2.10. The van der Waals surface area contributed by atoms with Crippen molar-refractivity contribution >= 4 is 29.1 Å². The minimum absolute atomic E-state index is 0.0540. The van der Waals surface area contributed by atoms with Gasteiger partial charge in [-0.2, -0.15) is 0 Å². The fourth-order valence-corrected chi connectivity index (χ4v) is 2.48. The minimum Gasteiger partial charge on any atom is -0.352 e. The van der Waals surface area contributed by atoms with Crippen LogP contribution in [0.2, 0.25) is 5.02 Å². The SMILES string of the molecule is CC(C)c1cccc(NC(=O)CCCNC(=O)c2ccc(Cl)cc2)c1. The molecule has 0 aliphatic rings. The Hall–Kier alpha value is -2.33. The van der Waals surface area contributed by atoms with Gasteiger partial charge in [0.05, 0.1) is 0 Å². The highest BCUT2D eigenvalue weighted by molar-refractivity contribution is 6.30. The fraction of sp³-hybridized carbons (Fsp3) is 0.300. The van der Waals surface area contributed by atoms with Crippen LogP contribution in [0.4, 0.5) is 5.69 Å². The van der Waals surface area contributed by atoms with Gasteiger partial charge < -0.3 is 10.6 Å². The summed E-state index contributed by atoms with van der Waals surface area (Å²) < 4.78 is 0. The lowest BCUT2D eigenvalue weighted by molar-refractivity contribution is -0.116. The van der Waals surface area contributed by atoms with Crippen LogP contribution >= 0.6 is 11.6 Å². The van der Waals surface area contributed by atoms with Crippen LogP contribution in [0.15, 0.2) is 48.5 Å². The molecule has 25 heavy (non-hydrogen) atoms. The summed E-state index contributed by atoms with van der Waals surface area (Å²) >= 11 is 5.80. The molecule has 2 rings (SSSR count). The minimum atomic E-state index is -0.165. The van der Waals surface area contributed by atoms with Crippen LogP contribution in [0.1, 0.15) is 48.5 Å². The van der Waals surface area contributed by atoms with Gasteiger partial charge in [0.25, 0.3) is 5.91 Å². The predicted octanol–water partition coefficient (Wildman–Crippen LogP) is 4.61. The maximum absolute atomic E-state index is 12.0. The number of anilines is 1. The summed E-state index contributed by atoms with van der Waals surface area (Å²) in [6.45, 7) is 4.68. The van der Waals surface area contributed by atoms with Crippen molar-refractivity contribution < 1.29 is 9.59 Å². The normalized spacial score (nSPS) is 10.6. The fourth-order valence-electron chi connectivity index (χ4n) is 2.35. The topological polar surface area (TPSA) is 58.2 Å². The molecular formula is C20H23ClN2O2. The zero-order valence-electron chi connectivity index (χ0n) is 14.5. The molecule has 4 nitrogen and oxygen atoms in total. The van der Waals surface area contributed by atoms with Crippen molar-refractivity contribution in [3.8, 4) is 0 Å². The summed E-state index contributed by atoms with van der Waals surface area (Å²) in [6, 6.07) is 14.6. The van der Waals surface area contributed by atoms with Crippen molar-refractivity contribution in [3.05, 3.63) is 64.7 Å². The molecule has 0 fully saturated rings. The molecule has 0 atom stereocenters. The van der Waals surface area contributed by atoms with Gasteiger partial charge in [-0.15, -0.1) is 0 Å². The Bertz CT molecular complexity index is 727. The second-order valence-electron chi connectivity index (χ2n) is 6.19. The van der Waals surface area contributed by atoms with Crippen LogP contribution in [0.5, 0.6) is 0 Å². The van der Waals surface area contributed by atoms with Crippen molar-refractivity contribution in [2.24, 2.45) is 0 Å². The first kappa shape index (κ1) is 19.0. The van der Waals surface area contributed by atoms with Gasteiger partial charge in [-0.1, -0.05) is 37.6 Å². The highest BCUT2D eigenvalue weighted by atomic mass is 35.5. The van der Waals surface area contributed by atoms with E-state index >= 15 is 0 Å². The Morgan fingerprint density at radius 1 is 1.08 bits per heavy atom. The van der Waals surface area contributed by atoms with Gasteiger partial charge in [0.2, 0.25) is 5.91 Å². The van der Waals surface area contributed by atoms with E-state index in [-0.39, 0.29) is 11.8 Å². The average molecular weight is 359 g/mol. The summed E-state index contributed by atoms with van der Waals surface area (Å²) in [5, 5.41) is 6.29. The van der Waals surface area contributed by atoms with Crippen molar-refractivity contribution in [1.82, 2.24) is 5.32 Å². The quantitative estimate of drug-likeness (QED) is 0.710. The molecular weight excluding hydrogens is 336 g/mol. The zero-order valence-corrected chi connectivity index (χ0v) is 15.3. The highest BCUT2D eigenvalue weighted by Gasteiger charge is 2.07. The van der Waals surface area contributed by atoms with Crippen LogP contribution in [0, 0.1) is 0 Å². The van der Waals surface area contributed by atoms with Gasteiger partial charge in [0.1, 0.15) is 0 Å². The van der Waals surface area contributed by atoms with Crippen LogP contribution in [-0.4, -0.2) is 18.4 Å². The van der Waals surface area contributed by atoms with Crippen molar-refractivity contribution in [1.29, 1.82) is 0 Å². The zero-order chi connectivity index (χ0) is 18.2. The number of benzene rings is 2. The third kappa shape index (κ3) is 6.24. The first-order valence-electron chi connectivity index (χ1n) is 8.39. The molecule has 0 bridgehead atoms. The summed E-state index contributed by atoms with van der Waals surface area (Å²) in [4.78, 5) is 23.9. The number of rotatable bonds is 7. The molecule has 0 aromatic heterocycles. The Balaban J connectivity index is 1.72. The van der Waals surface area contributed by atoms with E-state index in [0.29, 0.717) is 35.9 Å². The molecule has 0 spiro atoms. The largest absolute Gasteiger partial charge is 0.352 e. The van der Waals surface area contributed by atoms with Gasteiger partial charge in [0, 0.05) is 29.2 Å². The number of hydrogen-bond acceptors (Lipinski definition) is 2. The number of halogens is 1. The second-order valence-corrected chi connectivity index (χ2v) is 6.63. The Morgan fingerprint density at radius 2 is 1.80 bits per heavy atom. The molecule has 2 aromatic rings. The smallest absolute Gasteiger partial charge is 0.251 e. The van der Waals surface area contributed by atoms with Crippen LogP contribution in [0.25, 0.3) is 0 Å². The predicted molar refractivity (Wildman–Crippen MR) is 102 cm³/mol. The molecule has 0 saturated heterocycles. The molecule has 0 saturated carbocycles. The first-order chi connectivity index (χ1) is 12.0. The summed E-state index contributed by atoms with van der Waals surface area (Å²) in [7, 11) is 0. The van der Waals surface area contributed by atoms with E-state index in [1.165, 1.54) is 5.56 Å². The maximum atomic E-state index is 12.0. The third-order valence-corrected chi connectivity index (χ3v) is 4.06. The molecule has 2 amide bonds. The van der Waals surface area contributed by atoms with Gasteiger partial charge >= 0.3 is 0 Å². The second kappa shape index (κ2) is 9.23. The first-order valence-corrected chi connectivity index (χ1v) is 8.77. The maximum Gasteiger partial charge on any atom is 0.251 e.